The van der Waals surface area contributed by atoms with Crippen molar-refractivity contribution in [1.82, 2.24) is 15.2 Å². The topological polar surface area (TPSA) is 57.3 Å². The number of carbonyl (C=O) groups excluding carboxylic acids is 1. The number of para-hydroxylation sites is 1. The highest BCUT2D eigenvalue weighted by atomic mass is 16.1. The van der Waals surface area contributed by atoms with Crippen molar-refractivity contribution in [3.8, 4) is 0 Å². The average Bonchev–Trinajstić information content (AvgIpc) is 3.59. The van der Waals surface area contributed by atoms with E-state index in [4.69, 9.17) is 4.98 Å². The second-order valence-electron chi connectivity index (χ2n) is 7.95. The number of pyridine rings is 1. The zero-order valence-electron chi connectivity index (χ0n) is 17.8. The van der Waals surface area contributed by atoms with Gasteiger partial charge < -0.3 is 10.6 Å². The lowest BCUT2D eigenvalue weighted by atomic mass is 10.1. The maximum absolute atomic E-state index is 12.8. The van der Waals surface area contributed by atoms with Gasteiger partial charge in [0.05, 0.1) is 11.1 Å². The molecule has 1 aliphatic carbocycles. The van der Waals surface area contributed by atoms with Crippen LogP contribution < -0.4 is 10.6 Å². The Hall–Kier alpha value is -2.92. The van der Waals surface area contributed by atoms with Crippen LogP contribution in [-0.2, 0) is 13.1 Å². The lowest BCUT2D eigenvalue weighted by Crippen LogP contribution is -2.25. The van der Waals surface area contributed by atoms with Crippen molar-refractivity contribution in [3.05, 3.63) is 71.3 Å². The second kappa shape index (κ2) is 9.26. The van der Waals surface area contributed by atoms with Gasteiger partial charge in [-0.3, -0.25) is 9.69 Å². The number of aromatic nitrogens is 1. The van der Waals surface area contributed by atoms with Crippen LogP contribution in [0, 0.1) is 0 Å². The molecule has 4 rings (SSSR count). The molecule has 1 amide bonds. The highest BCUT2D eigenvalue weighted by Crippen LogP contribution is 2.24. The molecule has 0 saturated heterocycles. The van der Waals surface area contributed by atoms with E-state index in [0.717, 1.165) is 49.2 Å². The monoisotopic (exact) mass is 402 g/mol. The molecule has 1 heterocycles. The summed E-state index contributed by atoms with van der Waals surface area (Å²) in [5.41, 5.74) is 4.04. The van der Waals surface area contributed by atoms with E-state index in [1.54, 1.807) is 0 Å². The van der Waals surface area contributed by atoms with Crippen molar-refractivity contribution in [3.63, 3.8) is 0 Å². The summed E-state index contributed by atoms with van der Waals surface area (Å²) in [6.07, 6.45) is 2.15. The van der Waals surface area contributed by atoms with Crippen LogP contribution in [0.15, 0.2) is 54.6 Å². The maximum Gasteiger partial charge on any atom is 0.252 e. The van der Waals surface area contributed by atoms with Crippen LogP contribution in [0.25, 0.3) is 10.9 Å². The standard InChI is InChI=1S/C25H30N4O/c1-3-29(4-2)17-19-9-7-8-18(14-19)16-26-24-15-22(25(30)27-20-12-13-20)21-10-5-6-11-23(21)28-24/h5-11,14-15,20H,3-4,12-13,16-17H2,1-2H3,(H,26,28)(H,27,30). The van der Waals surface area contributed by atoms with E-state index in [0.29, 0.717) is 18.2 Å². The summed E-state index contributed by atoms with van der Waals surface area (Å²) < 4.78 is 0. The number of hydrogen-bond donors (Lipinski definition) is 2. The number of carbonyl (C=O) groups is 1. The molecule has 1 aromatic heterocycles. The summed E-state index contributed by atoms with van der Waals surface area (Å²) in [4.78, 5) is 19.9. The molecule has 0 unspecified atom stereocenters. The molecule has 1 aliphatic rings. The highest BCUT2D eigenvalue weighted by Gasteiger charge is 2.25. The van der Waals surface area contributed by atoms with Gasteiger partial charge in [0.1, 0.15) is 5.82 Å². The van der Waals surface area contributed by atoms with Crippen molar-refractivity contribution in [2.75, 3.05) is 18.4 Å². The molecule has 2 aromatic carbocycles. The van der Waals surface area contributed by atoms with Gasteiger partial charge in [-0.15, -0.1) is 0 Å². The predicted octanol–water partition coefficient (Wildman–Crippen LogP) is 4.58. The maximum atomic E-state index is 12.8. The first-order valence-electron chi connectivity index (χ1n) is 10.9. The van der Waals surface area contributed by atoms with E-state index >= 15 is 0 Å². The summed E-state index contributed by atoms with van der Waals surface area (Å²) >= 11 is 0. The molecule has 5 heteroatoms. The van der Waals surface area contributed by atoms with Gasteiger partial charge in [0.15, 0.2) is 0 Å². The minimum absolute atomic E-state index is 0.0135. The molecule has 30 heavy (non-hydrogen) atoms. The number of anilines is 1. The normalized spacial score (nSPS) is 13.6. The van der Waals surface area contributed by atoms with Gasteiger partial charge in [-0.05, 0) is 49.2 Å². The molecule has 1 saturated carbocycles. The van der Waals surface area contributed by atoms with Gasteiger partial charge in [0, 0.05) is 24.5 Å². The Balaban J connectivity index is 1.52. The van der Waals surface area contributed by atoms with Gasteiger partial charge >= 0.3 is 0 Å². The van der Waals surface area contributed by atoms with Gasteiger partial charge in [0.25, 0.3) is 5.91 Å². The van der Waals surface area contributed by atoms with E-state index in [1.165, 1.54) is 11.1 Å². The first-order chi connectivity index (χ1) is 14.7. The zero-order chi connectivity index (χ0) is 20.9. The molecule has 3 aromatic rings. The lowest BCUT2D eigenvalue weighted by molar-refractivity contribution is 0.0952. The molecule has 0 bridgehead atoms. The van der Waals surface area contributed by atoms with Crippen LogP contribution in [0.1, 0.15) is 48.2 Å². The smallest absolute Gasteiger partial charge is 0.252 e. The number of nitrogens with one attached hydrogen (secondary N) is 2. The number of hydrogen-bond acceptors (Lipinski definition) is 4. The summed E-state index contributed by atoms with van der Waals surface area (Å²) in [5.74, 6) is 0.712. The van der Waals surface area contributed by atoms with Crippen LogP contribution in [0.2, 0.25) is 0 Å². The average molecular weight is 403 g/mol. The molecule has 2 N–H and O–H groups in total. The Morgan fingerprint density at radius 1 is 1.03 bits per heavy atom. The number of benzene rings is 2. The quantitative estimate of drug-likeness (QED) is 0.550. The Morgan fingerprint density at radius 2 is 1.80 bits per heavy atom. The van der Waals surface area contributed by atoms with Crippen molar-refractivity contribution in [1.29, 1.82) is 0 Å². The molecular formula is C25H30N4O. The number of rotatable bonds is 9. The fraction of sp³-hybridized carbons (Fsp3) is 0.360. The molecule has 1 fully saturated rings. The van der Waals surface area contributed by atoms with E-state index in [2.05, 4.69) is 53.6 Å². The molecule has 156 valence electrons. The van der Waals surface area contributed by atoms with Crippen LogP contribution in [0.4, 0.5) is 5.82 Å². The largest absolute Gasteiger partial charge is 0.366 e. The van der Waals surface area contributed by atoms with Crippen LogP contribution in [0.5, 0.6) is 0 Å². The molecule has 5 nitrogen and oxygen atoms in total. The van der Waals surface area contributed by atoms with Crippen molar-refractivity contribution in [2.45, 2.75) is 45.8 Å². The number of amides is 1. The predicted molar refractivity (Wildman–Crippen MR) is 123 cm³/mol. The van der Waals surface area contributed by atoms with Crippen molar-refractivity contribution in [2.24, 2.45) is 0 Å². The summed E-state index contributed by atoms with van der Waals surface area (Å²) in [6.45, 7) is 8.10. The minimum Gasteiger partial charge on any atom is -0.366 e. The summed E-state index contributed by atoms with van der Waals surface area (Å²) in [5, 5.41) is 7.41. The molecule has 0 atom stereocenters. The Kier molecular flexibility index (Phi) is 6.29. The highest BCUT2D eigenvalue weighted by molar-refractivity contribution is 6.07. The third-order valence-electron chi connectivity index (χ3n) is 5.64. The Morgan fingerprint density at radius 3 is 2.57 bits per heavy atom. The Bertz CT molecular complexity index is 1020. The SMILES string of the molecule is CCN(CC)Cc1cccc(CNc2cc(C(=O)NC3CC3)c3ccccc3n2)c1. The third-order valence-corrected chi connectivity index (χ3v) is 5.64. The van der Waals surface area contributed by atoms with E-state index in [-0.39, 0.29) is 5.91 Å². The Labute approximate surface area is 178 Å². The van der Waals surface area contributed by atoms with E-state index in [1.807, 2.05) is 30.3 Å². The number of nitrogens with zero attached hydrogens (tertiary/aromatic N) is 2. The van der Waals surface area contributed by atoms with Gasteiger partial charge in [-0.25, -0.2) is 4.98 Å². The molecule has 0 spiro atoms. The fourth-order valence-electron chi connectivity index (χ4n) is 3.68. The molecule has 0 aliphatic heterocycles. The molecular weight excluding hydrogens is 372 g/mol. The van der Waals surface area contributed by atoms with Gasteiger partial charge in [0.2, 0.25) is 0 Å². The van der Waals surface area contributed by atoms with Crippen molar-refractivity contribution >= 4 is 22.6 Å². The van der Waals surface area contributed by atoms with Crippen LogP contribution in [0.3, 0.4) is 0 Å². The summed E-state index contributed by atoms with van der Waals surface area (Å²) in [7, 11) is 0. The minimum atomic E-state index is -0.0135. The zero-order valence-corrected chi connectivity index (χ0v) is 17.8. The number of fused-ring (bicyclic) bond motifs is 1. The van der Waals surface area contributed by atoms with E-state index < -0.39 is 0 Å². The van der Waals surface area contributed by atoms with Gasteiger partial charge in [-0.2, -0.15) is 0 Å². The van der Waals surface area contributed by atoms with Gasteiger partial charge in [-0.1, -0.05) is 56.3 Å². The van der Waals surface area contributed by atoms with Crippen LogP contribution >= 0.6 is 0 Å². The summed E-state index contributed by atoms with van der Waals surface area (Å²) in [6, 6.07) is 18.7. The van der Waals surface area contributed by atoms with Crippen molar-refractivity contribution < 1.29 is 4.79 Å². The second-order valence-corrected chi connectivity index (χ2v) is 7.95. The lowest BCUT2D eigenvalue weighted by Gasteiger charge is -2.18. The van der Waals surface area contributed by atoms with Crippen LogP contribution in [-0.4, -0.2) is 34.9 Å². The van der Waals surface area contributed by atoms with E-state index in [9.17, 15) is 4.79 Å². The fourth-order valence-corrected chi connectivity index (χ4v) is 3.68. The first kappa shape index (κ1) is 20.4. The first-order valence-corrected chi connectivity index (χ1v) is 10.9. The molecule has 0 radical (unpaired) electrons. The third kappa shape index (κ3) is 4.97.